The zero-order chi connectivity index (χ0) is 14.6. The van der Waals surface area contributed by atoms with Crippen LogP contribution in [0.4, 0.5) is 0 Å². The van der Waals surface area contributed by atoms with Crippen LogP contribution in [0.2, 0.25) is 0 Å². The highest BCUT2D eigenvalue weighted by Gasteiger charge is 2.19. The number of aryl methyl sites for hydroxylation is 1. The quantitative estimate of drug-likeness (QED) is 0.835. The van der Waals surface area contributed by atoms with Crippen molar-refractivity contribution in [1.29, 1.82) is 0 Å². The predicted molar refractivity (Wildman–Crippen MR) is 77.9 cm³/mol. The second-order valence-electron chi connectivity index (χ2n) is 5.19. The van der Waals surface area contributed by atoms with Gasteiger partial charge in [0.15, 0.2) is 0 Å². The number of hydrogen-bond donors (Lipinski definition) is 2. The van der Waals surface area contributed by atoms with Gasteiger partial charge in [-0.2, -0.15) is 0 Å². The number of nitrogens with one attached hydrogen (secondary N) is 2. The van der Waals surface area contributed by atoms with E-state index in [0.717, 1.165) is 25.5 Å². The molecule has 0 bridgehead atoms. The summed E-state index contributed by atoms with van der Waals surface area (Å²) >= 11 is 0. The molecule has 0 aromatic heterocycles. The Kier molecular flexibility index (Phi) is 4.77. The molecule has 1 aliphatic carbocycles. The molecule has 1 amide bonds. The van der Waals surface area contributed by atoms with Gasteiger partial charge in [0.1, 0.15) is 0 Å². The van der Waals surface area contributed by atoms with Gasteiger partial charge in [0.2, 0.25) is 15.9 Å². The SMILES string of the molecule is CS(=O)(=O)NCCC(=O)N[C@@H]1CCc2ccccc2C1. The lowest BCUT2D eigenvalue weighted by Crippen LogP contribution is -2.40. The molecule has 0 heterocycles. The minimum absolute atomic E-state index is 0.106. The molecule has 0 saturated heterocycles. The Morgan fingerprint density at radius 1 is 1.30 bits per heavy atom. The molecule has 0 fully saturated rings. The average Bonchev–Trinajstić information content (AvgIpc) is 2.37. The lowest BCUT2D eigenvalue weighted by Gasteiger charge is -2.25. The van der Waals surface area contributed by atoms with Crippen LogP contribution in [0.5, 0.6) is 0 Å². The van der Waals surface area contributed by atoms with Gasteiger partial charge in [0.05, 0.1) is 6.26 Å². The Morgan fingerprint density at radius 2 is 2.00 bits per heavy atom. The highest BCUT2D eigenvalue weighted by Crippen LogP contribution is 2.20. The van der Waals surface area contributed by atoms with Crippen LogP contribution >= 0.6 is 0 Å². The summed E-state index contributed by atoms with van der Waals surface area (Å²) in [6, 6.07) is 8.42. The van der Waals surface area contributed by atoms with Crippen LogP contribution in [-0.4, -0.2) is 33.2 Å². The largest absolute Gasteiger partial charge is 0.353 e. The first-order valence-corrected chi connectivity index (χ1v) is 8.64. The van der Waals surface area contributed by atoms with E-state index in [1.54, 1.807) is 0 Å². The summed E-state index contributed by atoms with van der Waals surface area (Å²) in [5.41, 5.74) is 2.65. The summed E-state index contributed by atoms with van der Waals surface area (Å²) in [7, 11) is -3.22. The van der Waals surface area contributed by atoms with Crippen LogP contribution in [0.1, 0.15) is 24.0 Å². The smallest absolute Gasteiger partial charge is 0.221 e. The van der Waals surface area contributed by atoms with E-state index in [0.29, 0.717) is 0 Å². The molecule has 1 aliphatic rings. The third-order valence-corrected chi connectivity index (χ3v) is 4.16. The zero-order valence-corrected chi connectivity index (χ0v) is 12.4. The molecule has 1 atom stereocenters. The molecule has 110 valence electrons. The van der Waals surface area contributed by atoms with E-state index in [-0.39, 0.29) is 24.9 Å². The molecule has 1 aromatic carbocycles. The first-order chi connectivity index (χ1) is 9.44. The number of hydrogen-bond acceptors (Lipinski definition) is 3. The van der Waals surface area contributed by atoms with Crippen LogP contribution in [0, 0.1) is 0 Å². The Morgan fingerprint density at radius 3 is 2.70 bits per heavy atom. The maximum absolute atomic E-state index is 11.8. The van der Waals surface area contributed by atoms with Crippen molar-refractivity contribution in [3.8, 4) is 0 Å². The van der Waals surface area contributed by atoms with Gasteiger partial charge in [-0.05, 0) is 30.4 Å². The van der Waals surface area contributed by atoms with Gasteiger partial charge in [-0.25, -0.2) is 13.1 Å². The topological polar surface area (TPSA) is 75.3 Å². The van der Waals surface area contributed by atoms with Crippen molar-refractivity contribution >= 4 is 15.9 Å². The van der Waals surface area contributed by atoms with Crippen LogP contribution in [0.15, 0.2) is 24.3 Å². The molecule has 20 heavy (non-hydrogen) atoms. The number of rotatable bonds is 5. The van der Waals surface area contributed by atoms with Crippen molar-refractivity contribution in [3.05, 3.63) is 35.4 Å². The molecule has 0 radical (unpaired) electrons. The van der Waals surface area contributed by atoms with Crippen molar-refractivity contribution in [2.45, 2.75) is 31.7 Å². The van der Waals surface area contributed by atoms with Crippen LogP contribution in [0.3, 0.4) is 0 Å². The summed E-state index contributed by atoms with van der Waals surface area (Å²) in [6.45, 7) is 0.147. The minimum atomic E-state index is -3.22. The van der Waals surface area contributed by atoms with Crippen LogP contribution in [0.25, 0.3) is 0 Å². The molecule has 0 unspecified atom stereocenters. The molecule has 0 aliphatic heterocycles. The number of sulfonamides is 1. The third kappa shape index (κ3) is 4.61. The highest BCUT2D eigenvalue weighted by molar-refractivity contribution is 7.88. The average molecular weight is 296 g/mol. The van der Waals surface area contributed by atoms with E-state index in [1.165, 1.54) is 11.1 Å². The first kappa shape index (κ1) is 15.0. The van der Waals surface area contributed by atoms with E-state index < -0.39 is 10.0 Å². The monoisotopic (exact) mass is 296 g/mol. The Hall–Kier alpha value is -1.40. The molecule has 6 heteroatoms. The molecule has 1 aromatic rings. The number of amides is 1. The van der Waals surface area contributed by atoms with Crippen molar-refractivity contribution < 1.29 is 13.2 Å². The molecule has 0 saturated carbocycles. The molecule has 5 nitrogen and oxygen atoms in total. The van der Waals surface area contributed by atoms with Crippen molar-refractivity contribution in [1.82, 2.24) is 10.0 Å². The normalized spacial score (nSPS) is 18.4. The molecule has 2 rings (SSSR count). The van der Waals surface area contributed by atoms with Crippen molar-refractivity contribution in [2.75, 3.05) is 12.8 Å². The molecule has 0 spiro atoms. The summed E-state index contributed by atoms with van der Waals surface area (Å²) in [5, 5.41) is 2.97. The van der Waals surface area contributed by atoms with Crippen LogP contribution in [-0.2, 0) is 27.7 Å². The van der Waals surface area contributed by atoms with Gasteiger partial charge in [0.25, 0.3) is 0 Å². The summed E-state index contributed by atoms with van der Waals surface area (Å²) < 4.78 is 24.1. The van der Waals surface area contributed by atoms with Gasteiger partial charge in [-0.1, -0.05) is 24.3 Å². The number of carbonyl (C=O) groups excluding carboxylic acids is 1. The molecule has 2 N–H and O–H groups in total. The number of benzene rings is 1. The second kappa shape index (κ2) is 6.37. The summed E-state index contributed by atoms with van der Waals surface area (Å²) in [4.78, 5) is 11.8. The number of carbonyl (C=O) groups is 1. The first-order valence-electron chi connectivity index (χ1n) is 6.75. The summed E-state index contributed by atoms with van der Waals surface area (Å²) in [5.74, 6) is -0.106. The van der Waals surface area contributed by atoms with E-state index in [9.17, 15) is 13.2 Å². The third-order valence-electron chi connectivity index (χ3n) is 3.43. The van der Waals surface area contributed by atoms with E-state index >= 15 is 0 Å². The van der Waals surface area contributed by atoms with Gasteiger partial charge in [-0.15, -0.1) is 0 Å². The van der Waals surface area contributed by atoms with Crippen molar-refractivity contribution in [2.24, 2.45) is 0 Å². The van der Waals surface area contributed by atoms with E-state index in [1.807, 2.05) is 12.1 Å². The van der Waals surface area contributed by atoms with Gasteiger partial charge in [-0.3, -0.25) is 4.79 Å². The lowest BCUT2D eigenvalue weighted by atomic mass is 9.88. The number of fused-ring (bicyclic) bond motifs is 1. The molecular weight excluding hydrogens is 276 g/mol. The Balaban J connectivity index is 1.79. The van der Waals surface area contributed by atoms with E-state index in [4.69, 9.17) is 0 Å². The fourth-order valence-corrected chi connectivity index (χ4v) is 2.94. The predicted octanol–water partition coefficient (Wildman–Crippen LogP) is 0.599. The maximum Gasteiger partial charge on any atom is 0.221 e. The van der Waals surface area contributed by atoms with Gasteiger partial charge >= 0.3 is 0 Å². The Bertz CT molecular complexity index is 584. The minimum Gasteiger partial charge on any atom is -0.353 e. The standard InChI is InChI=1S/C14H20N2O3S/c1-20(18,19)15-9-8-14(17)16-13-7-6-11-4-2-3-5-12(11)10-13/h2-5,13,15H,6-10H2,1H3,(H,16,17)/t13-/m1/s1. The zero-order valence-electron chi connectivity index (χ0n) is 11.6. The molecular formula is C14H20N2O3S. The maximum atomic E-state index is 11.8. The lowest BCUT2D eigenvalue weighted by molar-refractivity contribution is -0.121. The van der Waals surface area contributed by atoms with Crippen molar-refractivity contribution in [3.63, 3.8) is 0 Å². The highest BCUT2D eigenvalue weighted by atomic mass is 32.2. The second-order valence-corrected chi connectivity index (χ2v) is 7.03. The fourth-order valence-electron chi connectivity index (χ4n) is 2.47. The van der Waals surface area contributed by atoms with Gasteiger partial charge < -0.3 is 5.32 Å². The Labute approximate surface area is 119 Å². The fraction of sp³-hybridized carbons (Fsp3) is 0.500. The van der Waals surface area contributed by atoms with E-state index in [2.05, 4.69) is 22.2 Å². The van der Waals surface area contributed by atoms with Gasteiger partial charge in [0, 0.05) is 19.0 Å². The summed E-state index contributed by atoms with van der Waals surface area (Å²) in [6.07, 6.45) is 4.01. The van der Waals surface area contributed by atoms with Crippen LogP contribution < -0.4 is 10.0 Å².